The minimum absolute atomic E-state index is 0.0474. The summed E-state index contributed by atoms with van der Waals surface area (Å²) in [5.41, 5.74) is 0.644. The number of nitrogens with one attached hydrogen (secondary N) is 1. The van der Waals surface area contributed by atoms with E-state index in [-0.39, 0.29) is 18.5 Å². The van der Waals surface area contributed by atoms with Crippen LogP contribution < -0.4 is 14.8 Å². The van der Waals surface area contributed by atoms with Crippen molar-refractivity contribution in [1.29, 1.82) is 0 Å². The number of benzene rings is 2. The Labute approximate surface area is 156 Å². The minimum atomic E-state index is -0.241. The van der Waals surface area contributed by atoms with E-state index in [0.717, 1.165) is 5.75 Å². The summed E-state index contributed by atoms with van der Waals surface area (Å²) in [6, 6.07) is 18.3. The summed E-state index contributed by atoms with van der Waals surface area (Å²) >= 11 is 0. The summed E-state index contributed by atoms with van der Waals surface area (Å²) < 4.78 is 16.3. The van der Waals surface area contributed by atoms with Crippen LogP contribution in [0, 0.1) is 0 Å². The van der Waals surface area contributed by atoms with E-state index < -0.39 is 0 Å². The molecule has 7 heteroatoms. The lowest BCUT2D eigenvalue weighted by molar-refractivity contribution is -0.120. The quantitative estimate of drug-likeness (QED) is 0.586. The number of amides is 1. The fourth-order valence-corrected chi connectivity index (χ4v) is 2.15. The number of aromatic nitrogens is 2. The van der Waals surface area contributed by atoms with Gasteiger partial charge in [0.15, 0.2) is 0 Å². The standard InChI is InChI=1S/C20H19N3O4/c24-19(15-25-13-14-26-17-5-2-1-3-6-17)23-16-7-9-18(10-8-16)27-20-21-11-4-12-22-20/h1-12H,13-15H2,(H,23,24). The molecule has 0 bridgehead atoms. The Bertz CT molecular complexity index is 827. The first-order valence-electron chi connectivity index (χ1n) is 8.40. The first-order valence-corrected chi connectivity index (χ1v) is 8.40. The molecule has 0 fully saturated rings. The molecule has 0 aliphatic rings. The second-order valence-corrected chi connectivity index (χ2v) is 5.42. The number of hydrogen-bond acceptors (Lipinski definition) is 6. The maximum atomic E-state index is 11.9. The number of ether oxygens (including phenoxy) is 3. The van der Waals surface area contributed by atoms with Gasteiger partial charge < -0.3 is 19.5 Å². The van der Waals surface area contributed by atoms with Crippen LogP contribution in [-0.2, 0) is 9.53 Å². The van der Waals surface area contributed by atoms with Crippen molar-refractivity contribution in [2.45, 2.75) is 0 Å². The van der Waals surface area contributed by atoms with Gasteiger partial charge in [0.25, 0.3) is 0 Å². The third-order valence-electron chi connectivity index (χ3n) is 3.36. The van der Waals surface area contributed by atoms with E-state index in [1.165, 1.54) is 0 Å². The summed E-state index contributed by atoms with van der Waals surface area (Å²) in [5, 5.41) is 2.75. The summed E-state index contributed by atoms with van der Waals surface area (Å²) in [6.45, 7) is 0.658. The lowest BCUT2D eigenvalue weighted by Gasteiger charge is -2.08. The molecule has 3 rings (SSSR count). The van der Waals surface area contributed by atoms with Crippen LogP contribution in [0.25, 0.3) is 0 Å². The number of anilines is 1. The largest absolute Gasteiger partial charge is 0.491 e. The molecule has 1 aromatic heterocycles. The molecule has 7 nitrogen and oxygen atoms in total. The number of nitrogens with zero attached hydrogens (tertiary/aromatic N) is 2. The molecule has 1 N–H and O–H groups in total. The molecule has 0 aliphatic heterocycles. The first kappa shape index (κ1) is 18.3. The molecular weight excluding hydrogens is 346 g/mol. The van der Waals surface area contributed by atoms with Gasteiger partial charge in [0, 0.05) is 18.1 Å². The van der Waals surface area contributed by atoms with Gasteiger partial charge in [-0.3, -0.25) is 4.79 Å². The van der Waals surface area contributed by atoms with Gasteiger partial charge in [0.1, 0.15) is 24.7 Å². The molecule has 1 amide bonds. The lowest BCUT2D eigenvalue weighted by Crippen LogP contribution is -2.20. The zero-order valence-electron chi connectivity index (χ0n) is 14.6. The second kappa shape index (κ2) is 9.88. The van der Waals surface area contributed by atoms with E-state index in [2.05, 4.69) is 15.3 Å². The van der Waals surface area contributed by atoms with Gasteiger partial charge in [-0.15, -0.1) is 0 Å². The second-order valence-electron chi connectivity index (χ2n) is 5.42. The Kier molecular flexibility index (Phi) is 6.72. The summed E-state index contributed by atoms with van der Waals surface area (Å²) in [4.78, 5) is 19.9. The number of carbonyl (C=O) groups excluding carboxylic acids is 1. The summed E-state index contributed by atoms with van der Waals surface area (Å²) in [7, 11) is 0. The molecule has 0 aliphatic carbocycles. The number of para-hydroxylation sites is 1. The molecule has 0 unspecified atom stereocenters. The van der Waals surface area contributed by atoms with Crippen LogP contribution >= 0.6 is 0 Å². The molecule has 0 saturated heterocycles. The van der Waals surface area contributed by atoms with Crippen molar-refractivity contribution < 1.29 is 19.0 Å². The highest BCUT2D eigenvalue weighted by atomic mass is 16.5. The first-order chi connectivity index (χ1) is 13.3. The minimum Gasteiger partial charge on any atom is -0.491 e. The number of rotatable bonds is 9. The van der Waals surface area contributed by atoms with Crippen molar-refractivity contribution in [2.24, 2.45) is 0 Å². The summed E-state index contributed by atoms with van der Waals surface area (Å²) in [5.74, 6) is 1.11. The molecule has 0 spiro atoms. The van der Waals surface area contributed by atoms with E-state index in [9.17, 15) is 4.79 Å². The lowest BCUT2D eigenvalue weighted by atomic mass is 10.3. The molecule has 0 atom stereocenters. The molecule has 2 aromatic carbocycles. The van der Waals surface area contributed by atoms with Gasteiger partial charge in [0.2, 0.25) is 5.91 Å². The Balaban J connectivity index is 1.35. The van der Waals surface area contributed by atoms with E-state index in [1.54, 1.807) is 42.7 Å². The number of carbonyl (C=O) groups is 1. The van der Waals surface area contributed by atoms with E-state index in [1.807, 2.05) is 30.3 Å². The summed E-state index contributed by atoms with van der Waals surface area (Å²) in [6.07, 6.45) is 3.20. The topological polar surface area (TPSA) is 82.6 Å². The van der Waals surface area contributed by atoms with Gasteiger partial charge in [-0.05, 0) is 42.5 Å². The van der Waals surface area contributed by atoms with Crippen LogP contribution in [0.3, 0.4) is 0 Å². The predicted octanol–water partition coefficient (Wildman–Crippen LogP) is 3.30. The average molecular weight is 365 g/mol. The average Bonchev–Trinajstić information content (AvgIpc) is 2.71. The zero-order valence-corrected chi connectivity index (χ0v) is 14.6. The Hall–Kier alpha value is -3.45. The smallest absolute Gasteiger partial charge is 0.321 e. The van der Waals surface area contributed by atoms with Crippen LogP contribution in [0.15, 0.2) is 73.1 Å². The van der Waals surface area contributed by atoms with E-state index >= 15 is 0 Å². The third kappa shape index (κ3) is 6.41. The fourth-order valence-electron chi connectivity index (χ4n) is 2.15. The van der Waals surface area contributed by atoms with Gasteiger partial charge in [-0.25, -0.2) is 9.97 Å². The monoisotopic (exact) mass is 365 g/mol. The third-order valence-corrected chi connectivity index (χ3v) is 3.36. The van der Waals surface area contributed by atoms with Gasteiger partial charge in [0.05, 0.1) is 6.61 Å². The Morgan fingerprint density at radius 3 is 2.33 bits per heavy atom. The molecule has 0 radical (unpaired) electrons. The highest BCUT2D eigenvalue weighted by molar-refractivity contribution is 5.91. The highest BCUT2D eigenvalue weighted by Crippen LogP contribution is 2.19. The van der Waals surface area contributed by atoms with Crippen LogP contribution in [0.2, 0.25) is 0 Å². The van der Waals surface area contributed by atoms with Gasteiger partial charge in [-0.2, -0.15) is 0 Å². The van der Waals surface area contributed by atoms with Crippen LogP contribution in [0.4, 0.5) is 5.69 Å². The normalized spacial score (nSPS) is 10.2. The van der Waals surface area contributed by atoms with Crippen LogP contribution in [-0.4, -0.2) is 35.7 Å². The van der Waals surface area contributed by atoms with Gasteiger partial charge >= 0.3 is 6.01 Å². The molecule has 138 valence electrons. The van der Waals surface area contributed by atoms with Crippen molar-refractivity contribution in [3.63, 3.8) is 0 Å². The molecule has 0 saturated carbocycles. The highest BCUT2D eigenvalue weighted by Gasteiger charge is 2.04. The van der Waals surface area contributed by atoms with Crippen LogP contribution in [0.5, 0.6) is 17.5 Å². The van der Waals surface area contributed by atoms with E-state index in [4.69, 9.17) is 14.2 Å². The van der Waals surface area contributed by atoms with Crippen molar-refractivity contribution in [3.8, 4) is 17.5 Å². The van der Waals surface area contributed by atoms with Crippen molar-refractivity contribution in [3.05, 3.63) is 73.1 Å². The van der Waals surface area contributed by atoms with Crippen molar-refractivity contribution in [2.75, 3.05) is 25.1 Å². The molecule has 27 heavy (non-hydrogen) atoms. The van der Waals surface area contributed by atoms with Crippen molar-refractivity contribution >= 4 is 11.6 Å². The molecule has 1 heterocycles. The Morgan fingerprint density at radius 2 is 1.59 bits per heavy atom. The number of hydrogen-bond donors (Lipinski definition) is 1. The van der Waals surface area contributed by atoms with Crippen LogP contribution in [0.1, 0.15) is 0 Å². The SMILES string of the molecule is O=C(COCCOc1ccccc1)Nc1ccc(Oc2ncccn2)cc1. The van der Waals surface area contributed by atoms with E-state index in [0.29, 0.717) is 24.7 Å². The molecule has 3 aromatic rings. The molecular formula is C20H19N3O4. The fraction of sp³-hybridized carbons (Fsp3) is 0.150. The van der Waals surface area contributed by atoms with Gasteiger partial charge in [-0.1, -0.05) is 18.2 Å². The maximum Gasteiger partial charge on any atom is 0.321 e. The predicted molar refractivity (Wildman–Crippen MR) is 99.9 cm³/mol. The maximum absolute atomic E-state index is 11.9. The Morgan fingerprint density at radius 1 is 0.852 bits per heavy atom. The van der Waals surface area contributed by atoms with Crippen molar-refractivity contribution in [1.82, 2.24) is 9.97 Å². The zero-order chi connectivity index (χ0) is 18.7.